The van der Waals surface area contributed by atoms with E-state index in [0.29, 0.717) is 23.3 Å². The second-order valence-electron chi connectivity index (χ2n) is 7.14. The Morgan fingerprint density at radius 3 is 2.74 bits per heavy atom. The van der Waals surface area contributed by atoms with Crippen molar-refractivity contribution in [3.63, 3.8) is 0 Å². The van der Waals surface area contributed by atoms with E-state index in [1.54, 1.807) is 29.9 Å². The molecule has 4 aromatic rings. The highest BCUT2D eigenvalue weighted by Crippen LogP contribution is 2.32. The van der Waals surface area contributed by atoms with Crippen molar-refractivity contribution in [1.29, 1.82) is 0 Å². The number of rotatable bonds is 6. The van der Waals surface area contributed by atoms with Crippen molar-refractivity contribution in [3.05, 3.63) is 77.5 Å². The summed E-state index contributed by atoms with van der Waals surface area (Å²) in [5, 5.41) is 6.73. The lowest BCUT2D eigenvalue weighted by molar-refractivity contribution is 0.0591. The quantitative estimate of drug-likeness (QED) is 0.457. The number of hydrogen-bond donors (Lipinski definition) is 2. The number of furan rings is 1. The van der Waals surface area contributed by atoms with Crippen LogP contribution in [0.5, 0.6) is 0 Å². The van der Waals surface area contributed by atoms with Crippen LogP contribution in [0.4, 0.5) is 11.4 Å². The van der Waals surface area contributed by atoms with Crippen LogP contribution in [0.2, 0.25) is 0 Å². The molecule has 8 heteroatoms. The Kier molecular flexibility index (Phi) is 5.44. The third-order valence-corrected chi connectivity index (χ3v) is 4.97. The third-order valence-electron chi connectivity index (χ3n) is 4.97. The molecular formula is C23H22N4O4. The number of carbonyl (C=O) groups excluding carboxylic acids is 2. The lowest BCUT2D eigenvalue weighted by Crippen LogP contribution is -2.16. The van der Waals surface area contributed by atoms with E-state index in [1.807, 2.05) is 31.2 Å². The van der Waals surface area contributed by atoms with E-state index in [0.717, 1.165) is 11.3 Å². The molecular weight excluding hydrogens is 396 g/mol. The highest BCUT2D eigenvalue weighted by molar-refractivity contribution is 6.14. The molecule has 0 bridgehead atoms. The molecule has 0 aliphatic rings. The number of hydrogen-bond acceptors (Lipinski definition) is 6. The SMILES string of the molecule is COC(=O)c1c(NC(=O)c2ccco2)c2cc(NCc3cccc(C)c3)cnc2n1C. The normalized spacial score (nSPS) is 10.8. The van der Waals surface area contributed by atoms with Crippen molar-refractivity contribution < 1.29 is 18.7 Å². The Hall–Kier alpha value is -4.07. The summed E-state index contributed by atoms with van der Waals surface area (Å²) < 4.78 is 11.7. The molecule has 0 saturated heterocycles. The minimum absolute atomic E-state index is 0.134. The van der Waals surface area contributed by atoms with Gasteiger partial charge in [0, 0.05) is 19.0 Å². The molecule has 2 N–H and O–H groups in total. The van der Waals surface area contributed by atoms with Crippen molar-refractivity contribution in [2.24, 2.45) is 7.05 Å². The van der Waals surface area contributed by atoms with Gasteiger partial charge in [-0.15, -0.1) is 0 Å². The second-order valence-corrected chi connectivity index (χ2v) is 7.14. The van der Waals surface area contributed by atoms with Crippen LogP contribution < -0.4 is 10.6 Å². The van der Waals surface area contributed by atoms with E-state index in [1.165, 1.54) is 18.9 Å². The van der Waals surface area contributed by atoms with E-state index in [9.17, 15) is 9.59 Å². The summed E-state index contributed by atoms with van der Waals surface area (Å²) in [6, 6.07) is 13.2. The first-order valence-corrected chi connectivity index (χ1v) is 9.69. The molecule has 0 aliphatic carbocycles. The molecule has 0 saturated carbocycles. The summed E-state index contributed by atoms with van der Waals surface area (Å²) in [5.41, 5.74) is 4.12. The monoisotopic (exact) mass is 418 g/mol. The summed E-state index contributed by atoms with van der Waals surface area (Å²) in [6.07, 6.45) is 3.10. The number of anilines is 2. The van der Waals surface area contributed by atoms with E-state index in [2.05, 4.69) is 21.7 Å². The van der Waals surface area contributed by atoms with Crippen LogP contribution in [0, 0.1) is 6.92 Å². The Labute approximate surface area is 178 Å². The largest absolute Gasteiger partial charge is 0.464 e. The molecule has 8 nitrogen and oxygen atoms in total. The van der Waals surface area contributed by atoms with E-state index < -0.39 is 11.9 Å². The predicted octanol–water partition coefficient (Wildman–Crippen LogP) is 4.13. The van der Waals surface area contributed by atoms with Gasteiger partial charge in [-0.25, -0.2) is 9.78 Å². The van der Waals surface area contributed by atoms with Gasteiger partial charge in [-0.05, 0) is 30.7 Å². The number of esters is 1. The smallest absolute Gasteiger partial charge is 0.356 e. The molecule has 31 heavy (non-hydrogen) atoms. The summed E-state index contributed by atoms with van der Waals surface area (Å²) in [4.78, 5) is 29.6. The molecule has 0 spiro atoms. The fourth-order valence-corrected chi connectivity index (χ4v) is 3.48. The zero-order chi connectivity index (χ0) is 22.0. The number of aryl methyl sites for hydroxylation is 2. The molecule has 1 amide bonds. The maximum atomic E-state index is 12.6. The first-order chi connectivity index (χ1) is 15.0. The maximum Gasteiger partial charge on any atom is 0.356 e. The molecule has 0 fully saturated rings. The molecule has 0 atom stereocenters. The zero-order valence-corrected chi connectivity index (χ0v) is 17.4. The average Bonchev–Trinajstić information content (AvgIpc) is 3.39. The van der Waals surface area contributed by atoms with Gasteiger partial charge in [-0.3, -0.25) is 4.79 Å². The van der Waals surface area contributed by atoms with Crippen LogP contribution in [-0.4, -0.2) is 28.5 Å². The Balaban J connectivity index is 1.72. The van der Waals surface area contributed by atoms with E-state index >= 15 is 0 Å². The van der Waals surface area contributed by atoms with Gasteiger partial charge in [0.15, 0.2) is 11.5 Å². The zero-order valence-electron chi connectivity index (χ0n) is 17.4. The number of carbonyl (C=O) groups is 2. The first kappa shape index (κ1) is 20.2. The van der Waals surface area contributed by atoms with Crippen LogP contribution in [0.15, 0.2) is 59.3 Å². The lowest BCUT2D eigenvalue weighted by Gasteiger charge is -2.08. The van der Waals surface area contributed by atoms with Crippen molar-refractivity contribution in [3.8, 4) is 0 Å². The number of ether oxygens (including phenoxy) is 1. The summed E-state index contributed by atoms with van der Waals surface area (Å²) in [7, 11) is 2.99. The van der Waals surface area contributed by atoms with Crippen LogP contribution in [0.3, 0.4) is 0 Å². The topological polar surface area (TPSA) is 98.4 Å². The van der Waals surface area contributed by atoms with Gasteiger partial charge >= 0.3 is 5.97 Å². The summed E-state index contributed by atoms with van der Waals surface area (Å²) in [6.45, 7) is 2.66. The standard InChI is InChI=1S/C23H22N4O4/c1-14-6-4-7-15(10-14)12-24-16-11-17-19(26-22(28)18-8-5-9-31-18)20(23(29)30-3)27(2)21(17)25-13-16/h4-11,13,24H,12H2,1-3H3,(H,26,28). The van der Waals surface area contributed by atoms with Crippen LogP contribution >= 0.6 is 0 Å². The number of pyridine rings is 1. The van der Waals surface area contributed by atoms with E-state index in [4.69, 9.17) is 9.15 Å². The van der Waals surface area contributed by atoms with Gasteiger partial charge in [0.05, 0.1) is 30.9 Å². The molecule has 4 rings (SSSR count). The van der Waals surface area contributed by atoms with Gasteiger partial charge < -0.3 is 24.4 Å². The average molecular weight is 418 g/mol. The first-order valence-electron chi connectivity index (χ1n) is 9.69. The molecule has 3 heterocycles. The fraction of sp³-hybridized carbons (Fsp3) is 0.174. The van der Waals surface area contributed by atoms with Crippen molar-refractivity contribution >= 4 is 34.3 Å². The molecule has 158 valence electrons. The number of nitrogens with one attached hydrogen (secondary N) is 2. The van der Waals surface area contributed by atoms with Crippen molar-refractivity contribution in [2.75, 3.05) is 17.7 Å². The van der Waals surface area contributed by atoms with Gasteiger partial charge in [0.1, 0.15) is 5.65 Å². The Morgan fingerprint density at radius 2 is 2.03 bits per heavy atom. The predicted molar refractivity (Wildman–Crippen MR) is 117 cm³/mol. The maximum absolute atomic E-state index is 12.6. The Morgan fingerprint density at radius 1 is 1.19 bits per heavy atom. The van der Waals surface area contributed by atoms with Crippen LogP contribution in [0.25, 0.3) is 11.0 Å². The molecule has 1 aromatic carbocycles. The number of fused-ring (bicyclic) bond motifs is 1. The highest BCUT2D eigenvalue weighted by Gasteiger charge is 2.25. The number of nitrogens with zero attached hydrogens (tertiary/aromatic N) is 2. The number of benzene rings is 1. The van der Waals surface area contributed by atoms with Crippen LogP contribution in [0.1, 0.15) is 32.2 Å². The van der Waals surface area contributed by atoms with Gasteiger partial charge in [0.2, 0.25) is 0 Å². The summed E-state index contributed by atoms with van der Waals surface area (Å²) >= 11 is 0. The number of amides is 1. The minimum Gasteiger partial charge on any atom is -0.464 e. The van der Waals surface area contributed by atoms with Gasteiger partial charge in [0.25, 0.3) is 5.91 Å². The second kappa shape index (κ2) is 8.35. The minimum atomic E-state index is -0.579. The van der Waals surface area contributed by atoms with Gasteiger partial charge in [-0.1, -0.05) is 29.8 Å². The van der Waals surface area contributed by atoms with Crippen LogP contribution in [-0.2, 0) is 18.3 Å². The third kappa shape index (κ3) is 4.00. The number of methoxy groups -OCH3 is 1. The highest BCUT2D eigenvalue weighted by atomic mass is 16.5. The molecule has 0 radical (unpaired) electrons. The summed E-state index contributed by atoms with van der Waals surface area (Å²) in [5.74, 6) is -0.917. The molecule has 3 aromatic heterocycles. The fourth-order valence-electron chi connectivity index (χ4n) is 3.48. The van der Waals surface area contributed by atoms with Crippen molar-refractivity contribution in [2.45, 2.75) is 13.5 Å². The Bertz CT molecular complexity index is 1260. The molecule has 0 aliphatic heterocycles. The van der Waals surface area contributed by atoms with Crippen molar-refractivity contribution in [1.82, 2.24) is 9.55 Å². The number of aromatic nitrogens is 2. The van der Waals surface area contributed by atoms with E-state index in [-0.39, 0.29) is 11.5 Å². The lowest BCUT2D eigenvalue weighted by atomic mass is 10.1. The molecule has 0 unspecified atom stereocenters. The van der Waals surface area contributed by atoms with Gasteiger partial charge in [-0.2, -0.15) is 0 Å².